The highest BCUT2D eigenvalue weighted by Gasteiger charge is 2.24. The number of phenolic OH excluding ortho intramolecular Hbond substituents is 1. The molecule has 1 aromatic rings. The molecule has 1 rings (SSSR count). The molecule has 6 nitrogen and oxygen atoms in total. The first-order valence-corrected chi connectivity index (χ1v) is 6.36. The Balaban J connectivity index is 2.66. The van der Waals surface area contributed by atoms with E-state index >= 15 is 0 Å². The van der Waals surface area contributed by atoms with E-state index in [1.165, 1.54) is 13.2 Å². The van der Waals surface area contributed by atoms with E-state index in [-0.39, 0.29) is 12.3 Å². The molecule has 0 fully saturated rings. The van der Waals surface area contributed by atoms with E-state index < -0.39 is 17.8 Å². The average Bonchev–Trinajstić information content (AvgIpc) is 2.43. The van der Waals surface area contributed by atoms with Gasteiger partial charge in [-0.2, -0.15) is 0 Å². The monoisotopic (exact) mass is 281 g/mol. The molecule has 110 valence electrons. The second-order valence-electron chi connectivity index (χ2n) is 4.40. The van der Waals surface area contributed by atoms with Gasteiger partial charge in [-0.3, -0.25) is 9.59 Å². The molecule has 0 bridgehead atoms. The average molecular weight is 281 g/mol. The number of benzene rings is 1. The summed E-state index contributed by atoms with van der Waals surface area (Å²) >= 11 is 0. The van der Waals surface area contributed by atoms with E-state index in [0.717, 1.165) is 0 Å². The standard InChI is InChI=1S/C14H19NO5/c1-3-4-10(14(18)19)13(17)15-8-9-5-6-11(16)12(7-9)20-2/h5-7,10,16H,3-4,8H2,1-2H3,(H,15,17)(H,18,19). The van der Waals surface area contributed by atoms with Gasteiger partial charge in [0.25, 0.3) is 0 Å². The Bertz CT molecular complexity index is 486. The third-order valence-electron chi connectivity index (χ3n) is 2.90. The number of aromatic hydroxyl groups is 1. The molecule has 1 amide bonds. The zero-order chi connectivity index (χ0) is 15.1. The Morgan fingerprint density at radius 1 is 1.40 bits per heavy atom. The first kappa shape index (κ1) is 15.8. The SMILES string of the molecule is CCCC(C(=O)O)C(=O)NCc1ccc(O)c(OC)c1. The summed E-state index contributed by atoms with van der Waals surface area (Å²) in [5, 5.41) is 21.0. The summed E-state index contributed by atoms with van der Waals surface area (Å²) in [6.07, 6.45) is 0.928. The van der Waals surface area contributed by atoms with Crippen molar-refractivity contribution in [3.05, 3.63) is 23.8 Å². The van der Waals surface area contributed by atoms with Crippen molar-refractivity contribution < 1.29 is 24.5 Å². The number of hydrogen-bond acceptors (Lipinski definition) is 4. The zero-order valence-electron chi connectivity index (χ0n) is 11.5. The first-order valence-electron chi connectivity index (χ1n) is 6.36. The second-order valence-corrected chi connectivity index (χ2v) is 4.40. The van der Waals surface area contributed by atoms with E-state index in [1.807, 2.05) is 6.92 Å². The summed E-state index contributed by atoms with van der Waals surface area (Å²) in [5.41, 5.74) is 0.716. The summed E-state index contributed by atoms with van der Waals surface area (Å²) in [7, 11) is 1.43. The number of carbonyl (C=O) groups is 2. The summed E-state index contributed by atoms with van der Waals surface area (Å²) in [6.45, 7) is 2.01. The fraction of sp³-hybridized carbons (Fsp3) is 0.429. The molecule has 0 aliphatic rings. The number of nitrogens with one attached hydrogen (secondary N) is 1. The normalized spacial score (nSPS) is 11.7. The molecule has 0 aliphatic heterocycles. The van der Waals surface area contributed by atoms with Gasteiger partial charge in [0.05, 0.1) is 7.11 Å². The molecule has 1 aromatic carbocycles. The number of phenols is 1. The van der Waals surface area contributed by atoms with Crippen molar-refractivity contribution in [3.8, 4) is 11.5 Å². The molecule has 0 aliphatic carbocycles. The number of carboxylic acids is 1. The molecule has 1 unspecified atom stereocenters. The van der Waals surface area contributed by atoms with Crippen LogP contribution in [-0.2, 0) is 16.1 Å². The lowest BCUT2D eigenvalue weighted by atomic mass is 10.0. The molecule has 3 N–H and O–H groups in total. The minimum Gasteiger partial charge on any atom is -0.504 e. The predicted octanol–water partition coefficient (Wildman–Crippen LogP) is 1.52. The van der Waals surface area contributed by atoms with Gasteiger partial charge in [-0.25, -0.2) is 0 Å². The maximum absolute atomic E-state index is 11.8. The third-order valence-corrected chi connectivity index (χ3v) is 2.90. The molecular weight excluding hydrogens is 262 g/mol. The van der Waals surface area contributed by atoms with Gasteiger partial charge in [-0.05, 0) is 24.1 Å². The Kier molecular flexibility index (Phi) is 5.83. The molecule has 0 saturated carbocycles. The maximum Gasteiger partial charge on any atom is 0.316 e. The topological polar surface area (TPSA) is 95.9 Å². The van der Waals surface area contributed by atoms with Crippen LogP contribution < -0.4 is 10.1 Å². The fourth-order valence-electron chi connectivity index (χ4n) is 1.80. The molecule has 6 heteroatoms. The Hall–Kier alpha value is -2.24. The number of rotatable bonds is 7. The molecule has 1 atom stereocenters. The van der Waals surface area contributed by atoms with Crippen molar-refractivity contribution in [2.24, 2.45) is 5.92 Å². The predicted molar refractivity (Wildman–Crippen MR) is 72.5 cm³/mol. The molecule has 0 aromatic heterocycles. The lowest BCUT2D eigenvalue weighted by Crippen LogP contribution is -2.34. The highest BCUT2D eigenvalue weighted by molar-refractivity contribution is 5.96. The number of carbonyl (C=O) groups excluding carboxylic acids is 1. The van der Waals surface area contributed by atoms with Crippen molar-refractivity contribution in [2.45, 2.75) is 26.3 Å². The highest BCUT2D eigenvalue weighted by Crippen LogP contribution is 2.26. The van der Waals surface area contributed by atoms with E-state index in [9.17, 15) is 14.7 Å². The van der Waals surface area contributed by atoms with Crippen LogP contribution in [0.15, 0.2) is 18.2 Å². The third kappa shape index (κ3) is 4.15. The van der Waals surface area contributed by atoms with E-state index in [1.54, 1.807) is 12.1 Å². The minimum atomic E-state index is -1.12. The number of hydrogen-bond donors (Lipinski definition) is 3. The van der Waals surface area contributed by atoms with Crippen LogP contribution in [0.4, 0.5) is 0 Å². The second kappa shape index (κ2) is 7.37. The van der Waals surface area contributed by atoms with Gasteiger partial charge < -0.3 is 20.3 Å². The van der Waals surface area contributed by atoms with Crippen LogP contribution in [0, 0.1) is 5.92 Å². The number of amides is 1. The lowest BCUT2D eigenvalue weighted by Gasteiger charge is -2.12. The molecule has 0 spiro atoms. The smallest absolute Gasteiger partial charge is 0.316 e. The van der Waals surface area contributed by atoms with Crippen LogP contribution in [0.3, 0.4) is 0 Å². The number of ether oxygens (including phenoxy) is 1. The van der Waals surface area contributed by atoms with Gasteiger partial charge in [0.15, 0.2) is 11.5 Å². The maximum atomic E-state index is 11.8. The molecule has 0 heterocycles. The van der Waals surface area contributed by atoms with E-state index in [4.69, 9.17) is 9.84 Å². The van der Waals surface area contributed by atoms with E-state index in [2.05, 4.69) is 5.32 Å². The van der Waals surface area contributed by atoms with Crippen LogP contribution in [0.2, 0.25) is 0 Å². The van der Waals surface area contributed by atoms with Crippen molar-refractivity contribution in [3.63, 3.8) is 0 Å². The van der Waals surface area contributed by atoms with Gasteiger partial charge in [-0.1, -0.05) is 19.4 Å². The van der Waals surface area contributed by atoms with Gasteiger partial charge in [0.1, 0.15) is 5.92 Å². The fourth-order valence-corrected chi connectivity index (χ4v) is 1.80. The Labute approximate surface area is 117 Å². The van der Waals surface area contributed by atoms with E-state index in [0.29, 0.717) is 24.2 Å². The number of methoxy groups -OCH3 is 1. The van der Waals surface area contributed by atoms with Crippen LogP contribution in [0.25, 0.3) is 0 Å². The number of aliphatic carboxylic acids is 1. The summed E-state index contributed by atoms with van der Waals surface area (Å²) in [5.74, 6) is -2.34. The van der Waals surface area contributed by atoms with Crippen molar-refractivity contribution >= 4 is 11.9 Å². The van der Waals surface area contributed by atoms with Gasteiger partial charge in [0.2, 0.25) is 5.91 Å². The Morgan fingerprint density at radius 2 is 2.10 bits per heavy atom. The lowest BCUT2D eigenvalue weighted by molar-refractivity contribution is -0.147. The quantitative estimate of drug-likeness (QED) is 0.658. The van der Waals surface area contributed by atoms with Gasteiger partial charge in [0, 0.05) is 6.54 Å². The summed E-state index contributed by atoms with van der Waals surface area (Å²) in [4.78, 5) is 22.8. The number of carboxylic acid groups (broad SMARTS) is 1. The summed E-state index contributed by atoms with van der Waals surface area (Å²) < 4.78 is 4.96. The molecule has 0 radical (unpaired) electrons. The minimum absolute atomic E-state index is 0.0111. The zero-order valence-corrected chi connectivity index (χ0v) is 11.5. The van der Waals surface area contributed by atoms with Gasteiger partial charge >= 0.3 is 5.97 Å². The van der Waals surface area contributed by atoms with Crippen LogP contribution in [-0.4, -0.2) is 29.2 Å². The van der Waals surface area contributed by atoms with Crippen molar-refractivity contribution in [1.29, 1.82) is 0 Å². The van der Waals surface area contributed by atoms with Crippen LogP contribution >= 0.6 is 0 Å². The van der Waals surface area contributed by atoms with Crippen LogP contribution in [0.5, 0.6) is 11.5 Å². The van der Waals surface area contributed by atoms with Crippen molar-refractivity contribution in [2.75, 3.05) is 7.11 Å². The largest absolute Gasteiger partial charge is 0.504 e. The highest BCUT2D eigenvalue weighted by atomic mass is 16.5. The molecular formula is C14H19NO5. The molecule has 20 heavy (non-hydrogen) atoms. The van der Waals surface area contributed by atoms with Gasteiger partial charge in [-0.15, -0.1) is 0 Å². The molecule has 0 saturated heterocycles. The van der Waals surface area contributed by atoms with Crippen LogP contribution in [0.1, 0.15) is 25.3 Å². The van der Waals surface area contributed by atoms with Crippen molar-refractivity contribution in [1.82, 2.24) is 5.32 Å². The first-order chi connectivity index (χ1) is 9.49. The summed E-state index contributed by atoms with van der Waals surface area (Å²) in [6, 6.07) is 4.68. The Morgan fingerprint density at radius 3 is 2.65 bits per heavy atom.